The van der Waals surface area contributed by atoms with E-state index in [1.54, 1.807) is 46.2 Å². The average Bonchev–Trinajstić information content (AvgIpc) is 3.37. The lowest BCUT2D eigenvalue weighted by molar-refractivity contribution is -0.137. The number of ether oxygens (including phenoxy) is 2. The molecule has 216 valence electrons. The number of piperazine rings is 1. The molecule has 0 saturated carbocycles. The molecule has 11 nitrogen and oxygen atoms in total. The van der Waals surface area contributed by atoms with Crippen molar-refractivity contribution < 1.29 is 33.4 Å². The van der Waals surface area contributed by atoms with Crippen LogP contribution in [0.5, 0.6) is 5.75 Å². The minimum absolute atomic E-state index is 0.178. The number of rotatable bonds is 4. The van der Waals surface area contributed by atoms with Crippen LogP contribution in [0.2, 0.25) is 0 Å². The summed E-state index contributed by atoms with van der Waals surface area (Å²) in [6.45, 7) is 7.93. The van der Waals surface area contributed by atoms with E-state index in [1.165, 1.54) is 0 Å². The van der Waals surface area contributed by atoms with E-state index < -0.39 is 17.6 Å². The summed E-state index contributed by atoms with van der Waals surface area (Å²) in [5.41, 5.74) is 1.96. The highest BCUT2D eigenvalue weighted by Gasteiger charge is 2.36. The number of fused-ring (bicyclic) bond motifs is 1. The van der Waals surface area contributed by atoms with Crippen molar-refractivity contribution in [2.75, 3.05) is 26.2 Å². The average molecular weight is 563 g/mol. The molecule has 2 aromatic carbocycles. The third-order valence-corrected chi connectivity index (χ3v) is 7.40. The quantitative estimate of drug-likeness (QED) is 0.343. The Balaban J connectivity index is 1.18. The zero-order valence-electron chi connectivity index (χ0n) is 23.5. The predicted molar refractivity (Wildman–Crippen MR) is 147 cm³/mol. The first-order chi connectivity index (χ1) is 19.5. The van der Waals surface area contributed by atoms with E-state index in [-0.39, 0.29) is 23.8 Å². The van der Waals surface area contributed by atoms with Gasteiger partial charge < -0.3 is 19.3 Å². The fourth-order valence-corrected chi connectivity index (χ4v) is 5.27. The molecule has 5 rings (SSSR count). The minimum atomic E-state index is -0.580. The van der Waals surface area contributed by atoms with E-state index in [9.17, 15) is 24.0 Å². The second-order valence-corrected chi connectivity index (χ2v) is 11.5. The Labute approximate surface area is 238 Å². The van der Waals surface area contributed by atoms with Crippen molar-refractivity contribution in [3.63, 3.8) is 0 Å². The highest BCUT2D eigenvalue weighted by Crippen LogP contribution is 2.34. The third kappa shape index (κ3) is 6.40. The second-order valence-electron chi connectivity index (χ2n) is 11.5. The number of carbonyl (C=O) groups is 5. The fourth-order valence-electron chi connectivity index (χ4n) is 5.27. The molecule has 3 aliphatic rings. The van der Waals surface area contributed by atoms with Crippen LogP contribution in [0.1, 0.15) is 65.5 Å². The molecule has 41 heavy (non-hydrogen) atoms. The number of carbonyl (C=O) groups excluding carboxylic acids is 5. The molecule has 1 N–H and O–H groups in total. The Morgan fingerprint density at radius 3 is 2.20 bits per heavy atom. The highest BCUT2D eigenvalue weighted by molar-refractivity contribution is 6.00. The summed E-state index contributed by atoms with van der Waals surface area (Å²) in [4.78, 5) is 67.4. The van der Waals surface area contributed by atoms with E-state index in [1.807, 2.05) is 31.7 Å². The van der Waals surface area contributed by atoms with Crippen LogP contribution in [-0.2, 0) is 27.4 Å². The summed E-state index contributed by atoms with van der Waals surface area (Å²) in [6, 6.07) is 11.4. The molecule has 11 heteroatoms. The normalized spacial score (nSPS) is 19.4. The first-order valence-electron chi connectivity index (χ1n) is 13.8. The molecule has 2 fully saturated rings. The van der Waals surface area contributed by atoms with Crippen LogP contribution in [-0.4, -0.2) is 82.3 Å². The van der Waals surface area contributed by atoms with Crippen LogP contribution in [0, 0.1) is 0 Å². The highest BCUT2D eigenvalue weighted by atomic mass is 16.6. The zero-order valence-corrected chi connectivity index (χ0v) is 23.5. The molecule has 0 aromatic heterocycles. The van der Waals surface area contributed by atoms with E-state index in [2.05, 4.69) is 5.32 Å². The molecule has 1 unspecified atom stereocenters. The molecule has 0 bridgehead atoms. The zero-order chi connectivity index (χ0) is 29.3. The summed E-state index contributed by atoms with van der Waals surface area (Å²) in [5, 5.41) is 2.40. The molecule has 3 aliphatic heterocycles. The van der Waals surface area contributed by atoms with Gasteiger partial charge in [0.2, 0.25) is 11.8 Å². The van der Waals surface area contributed by atoms with Gasteiger partial charge in [-0.2, -0.15) is 0 Å². The van der Waals surface area contributed by atoms with Crippen molar-refractivity contribution in [2.24, 2.45) is 0 Å². The van der Waals surface area contributed by atoms with Gasteiger partial charge in [-0.3, -0.25) is 24.6 Å². The van der Waals surface area contributed by atoms with Crippen molar-refractivity contribution in [2.45, 2.75) is 58.3 Å². The van der Waals surface area contributed by atoms with Crippen LogP contribution in [0.3, 0.4) is 0 Å². The SMILES string of the molecule is CC(C)(C)OC(=O)N1CCN(C(=O)c2ccc(C(=O)Oc3cccc4c3CN(C3CCC(=O)NC3=O)C4)cc2)CC1. The van der Waals surface area contributed by atoms with Gasteiger partial charge in [0.05, 0.1) is 11.6 Å². The Morgan fingerprint density at radius 1 is 0.878 bits per heavy atom. The Morgan fingerprint density at radius 2 is 1.54 bits per heavy atom. The molecule has 3 heterocycles. The van der Waals surface area contributed by atoms with Crippen LogP contribution in [0.25, 0.3) is 0 Å². The summed E-state index contributed by atoms with van der Waals surface area (Å²) in [7, 11) is 0. The molecule has 0 radical (unpaired) electrons. The summed E-state index contributed by atoms with van der Waals surface area (Å²) >= 11 is 0. The summed E-state index contributed by atoms with van der Waals surface area (Å²) < 4.78 is 11.2. The maximum Gasteiger partial charge on any atom is 0.410 e. The molecule has 4 amide bonds. The van der Waals surface area contributed by atoms with E-state index in [0.29, 0.717) is 69.0 Å². The lowest BCUT2D eigenvalue weighted by atomic mass is 10.0. The van der Waals surface area contributed by atoms with E-state index >= 15 is 0 Å². The first kappa shape index (κ1) is 28.3. The van der Waals surface area contributed by atoms with Gasteiger partial charge in [0.25, 0.3) is 5.91 Å². The Kier molecular flexibility index (Phi) is 7.81. The molecule has 2 aromatic rings. The van der Waals surface area contributed by atoms with Crippen LogP contribution in [0.15, 0.2) is 42.5 Å². The van der Waals surface area contributed by atoms with Crippen LogP contribution < -0.4 is 10.1 Å². The summed E-state index contributed by atoms with van der Waals surface area (Å²) in [6.07, 6.45) is 0.365. The second kappa shape index (κ2) is 11.3. The minimum Gasteiger partial charge on any atom is -0.444 e. The van der Waals surface area contributed by atoms with Gasteiger partial charge in [0.1, 0.15) is 11.4 Å². The maximum atomic E-state index is 13.0. The molecule has 2 saturated heterocycles. The van der Waals surface area contributed by atoms with Gasteiger partial charge >= 0.3 is 12.1 Å². The van der Waals surface area contributed by atoms with Crippen molar-refractivity contribution in [3.05, 3.63) is 64.7 Å². The van der Waals surface area contributed by atoms with E-state index in [0.717, 1.165) is 11.1 Å². The van der Waals surface area contributed by atoms with Gasteiger partial charge in [-0.1, -0.05) is 12.1 Å². The van der Waals surface area contributed by atoms with Crippen molar-refractivity contribution in [3.8, 4) is 5.75 Å². The smallest absolute Gasteiger partial charge is 0.410 e. The molecular formula is C30H34N4O7. The number of hydrogen-bond donors (Lipinski definition) is 1. The lowest BCUT2D eigenvalue weighted by Crippen LogP contribution is -2.51. The molecule has 1 atom stereocenters. The summed E-state index contributed by atoms with van der Waals surface area (Å²) in [5.74, 6) is -0.866. The van der Waals surface area contributed by atoms with Gasteiger partial charge in [0.15, 0.2) is 0 Å². The van der Waals surface area contributed by atoms with Crippen molar-refractivity contribution in [1.82, 2.24) is 20.0 Å². The maximum absolute atomic E-state index is 13.0. The number of amides is 4. The number of esters is 1. The molecule has 0 spiro atoms. The number of nitrogens with zero attached hydrogens (tertiary/aromatic N) is 3. The van der Waals surface area contributed by atoms with Gasteiger partial charge in [-0.05, 0) is 63.1 Å². The number of piperidine rings is 1. The van der Waals surface area contributed by atoms with Gasteiger partial charge in [0, 0.05) is 56.8 Å². The number of nitrogens with one attached hydrogen (secondary N) is 1. The van der Waals surface area contributed by atoms with Crippen LogP contribution >= 0.6 is 0 Å². The predicted octanol–water partition coefficient (Wildman–Crippen LogP) is 2.72. The number of benzene rings is 2. The number of hydrogen-bond acceptors (Lipinski definition) is 8. The topological polar surface area (TPSA) is 126 Å². The fraction of sp³-hybridized carbons (Fsp3) is 0.433. The Bertz CT molecular complexity index is 1370. The van der Waals surface area contributed by atoms with E-state index in [4.69, 9.17) is 9.47 Å². The molecular weight excluding hydrogens is 528 g/mol. The molecule has 0 aliphatic carbocycles. The monoisotopic (exact) mass is 562 g/mol. The standard InChI is InChI=1S/C30H34N4O7/c1-30(2,3)41-29(39)33-15-13-32(14-16-33)27(37)19-7-9-20(10-8-19)28(38)40-24-6-4-5-21-17-34(18-22(21)24)23-11-12-25(35)31-26(23)36/h4-10,23H,11-18H2,1-3H3,(H,31,35,36). The van der Waals surface area contributed by atoms with Gasteiger partial charge in [-0.25, -0.2) is 9.59 Å². The Hall–Kier alpha value is -4.25. The third-order valence-electron chi connectivity index (χ3n) is 7.40. The lowest BCUT2D eigenvalue weighted by Gasteiger charge is -2.35. The van der Waals surface area contributed by atoms with Crippen molar-refractivity contribution >= 4 is 29.8 Å². The van der Waals surface area contributed by atoms with Crippen LogP contribution in [0.4, 0.5) is 4.79 Å². The van der Waals surface area contributed by atoms with Crippen molar-refractivity contribution in [1.29, 1.82) is 0 Å². The number of imide groups is 1. The van der Waals surface area contributed by atoms with Gasteiger partial charge in [-0.15, -0.1) is 0 Å². The first-order valence-corrected chi connectivity index (χ1v) is 13.8. The largest absolute Gasteiger partial charge is 0.444 e.